The van der Waals surface area contributed by atoms with Crippen LogP contribution < -0.4 is 0 Å². The van der Waals surface area contributed by atoms with Crippen LogP contribution in [0.25, 0.3) is 6.08 Å². The second-order valence-electron chi connectivity index (χ2n) is 10.5. The maximum absolute atomic E-state index is 11.5. The Kier molecular flexibility index (Phi) is 12.1. The number of hydrogen-bond donors (Lipinski definition) is 0. The highest BCUT2D eigenvalue weighted by molar-refractivity contribution is 7.09. The van der Waals surface area contributed by atoms with E-state index in [2.05, 4.69) is 77.9 Å². The van der Waals surface area contributed by atoms with Gasteiger partial charge in [-0.15, -0.1) is 11.3 Å². The molecule has 1 aromatic heterocycles. The summed E-state index contributed by atoms with van der Waals surface area (Å²) in [6.45, 7) is 19.8. The lowest BCUT2D eigenvalue weighted by Gasteiger charge is -2.37. The predicted octanol–water partition coefficient (Wildman–Crippen LogP) is 8.15. The lowest BCUT2D eigenvalue weighted by atomic mass is 9.67. The van der Waals surface area contributed by atoms with Gasteiger partial charge in [0.1, 0.15) is 6.29 Å². The van der Waals surface area contributed by atoms with E-state index in [0.29, 0.717) is 23.7 Å². The highest BCUT2D eigenvalue weighted by Crippen LogP contribution is 2.38. The van der Waals surface area contributed by atoms with Crippen molar-refractivity contribution in [2.75, 3.05) is 7.11 Å². The summed E-state index contributed by atoms with van der Waals surface area (Å²) in [6, 6.07) is 0. The van der Waals surface area contributed by atoms with Crippen molar-refractivity contribution >= 4 is 23.7 Å². The number of allylic oxidation sites excluding steroid dienone is 1. The van der Waals surface area contributed by atoms with Gasteiger partial charge in [-0.25, -0.2) is 4.98 Å². The van der Waals surface area contributed by atoms with E-state index in [0.717, 1.165) is 29.8 Å². The summed E-state index contributed by atoms with van der Waals surface area (Å²) >= 11 is 1.68. The summed E-state index contributed by atoms with van der Waals surface area (Å²) in [7, 11) is 1.79. The first-order valence-electron chi connectivity index (χ1n) is 12.2. The molecule has 1 heterocycles. The fourth-order valence-corrected chi connectivity index (χ4v) is 4.95. The third-order valence-corrected chi connectivity index (χ3v) is 8.50. The maximum Gasteiger partial charge on any atom is 0.125 e. The van der Waals surface area contributed by atoms with Gasteiger partial charge in [0.2, 0.25) is 0 Å². The van der Waals surface area contributed by atoms with Gasteiger partial charge in [-0.05, 0) is 75.4 Å². The number of aryl methyl sites for hydroxylation is 1. The molecule has 0 amide bonds. The molecule has 0 saturated heterocycles. The summed E-state index contributed by atoms with van der Waals surface area (Å²) in [5.74, 6) is 2.17. The molecule has 182 valence electrons. The Labute approximate surface area is 201 Å². The van der Waals surface area contributed by atoms with E-state index in [1.165, 1.54) is 24.0 Å². The minimum absolute atomic E-state index is 0.0920. The molecule has 0 aliphatic rings. The van der Waals surface area contributed by atoms with E-state index in [1.807, 2.05) is 6.92 Å². The van der Waals surface area contributed by atoms with Crippen LogP contribution in [0.4, 0.5) is 0 Å². The third-order valence-electron chi connectivity index (χ3n) is 7.71. The zero-order chi connectivity index (χ0) is 24.5. The molecular formula is C28H47NO2S. The van der Waals surface area contributed by atoms with Crippen molar-refractivity contribution in [2.24, 2.45) is 29.1 Å². The molecule has 0 aliphatic carbocycles. The number of nitrogens with zero attached hydrogens (tertiary/aromatic N) is 1. The third kappa shape index (κ3) is 8.94. The number of methoxy groups -OCH3 is 1. The Morgan fingerprint density at radius 3 is 2.38 bits per heavy atom. The molecule has 0 radical (unpaired) electrons. The van der Waals surface area contributed by atoms with Crippen LogP contribution in [0, 0.1) is 36.0 Å². The molecule has 5 atom stereocenters. The van der Waals surface area contributed by atoms with Crippen LogP contribution in [0.1, 0.15) is 91.8 Å². The zero-order valence-electron chi connectivity index (χ0n) is 22.2. The number of thiazole rings is 1. The van der Waals surface area contributed by atoms with Gasteiger partial charge < -0.3 is 9.53 Å². The number of aldehydes is 1. The first-order valence-corrected chi connectivity index (χ1v) is 13.1. The molecule has 0 saturated carbocycles. The molecule has 0 N–H and O–H groups in total. The van der Waals surface area contributed by atoms with Gasteiger partial charge >= 0.3 is 0 Å². The normalized spacial score (nSPS) is 18.2. The highest BCUT2D eigenvalue weighted by atomic mass is 32.1. The molecule has 4 heteroatoms. The van der Waals surface area contributed by atoms with Gasteiger partial charge in [0.25, 0.3) is 0 Å². The topological polar surface area (TPSA) is 39.2 Å². The molecular weight excluding hydrogens is 414 g/mol. The van der Waals surface area contributed by atoms with E-state index in [9.17, 15) is 4.79 Å². The number of aromatic nitrogens is 1. The predicted molar refractivity (Wildman–Crippen MR) is 140 cm³/mol. The van der Waals surface area contributed by atoms with Crippen molar-refractivity contribution in [2.45, 2.75) is 94.1 Å². The second kappa shape index (κ2) is 13.4. The lowest BCUT2D eigenvalue weighted by Crippen LogP contribution is -2.33. The number of ether oxygens (including phenoxy) is 1. The number of rotatable bonds is 14. The van der Waals surface area contributed by atoms with E-state index in [-0.39, 0.29) is 11.5 Å². The zero-order valence-corrected chi connectivity index (χ0v) is 23.0. The van der Waals surface area contributed by atoms with Crippen molar-refractivity contribution in [1.82, 2.24) is 4.98 Å². The fourth-order valence-electron chi connectivity index (χ4n) is 4.38. The van der Waals surface area contributed by atoms with Crippen LogP contribution in [0.15, 0.2) is 22.6 Å². The molecule has 32 heavy (non-hydrogen) atoms. The van der Waals surface area contributed by atoms with Crippen molar-refractivity contribution in [1.29, 1.82) is 0 Å². The second-order valence-corrected chi connectivity index (χ2v) is 11.6. The summed E-state index contributed by atoms with van der Waals surface area (Å²) < 4.78 is 5.74. The summed E-state index contributed by atoms with van der Waals surface area (Å²) in [5, 5.41) is 3.18. The molecule has 3 nitrogen and oxygen atoms in total. The Bertz CT molecular complexity index is 761. The van der Waals surface area contributed by atoms with Crippen molar-refractivity contribution < 1.29 is 9.53 Å². The van der Waals surface area contributed by atoms with Crippen LogP contribution in [0.5, 0.6) is 0 Å². The number of carbonyl (C=O) groups is 1. The van der Waals surface area contributed by atoms with Crippen LogP contribution >= 0.6 is 11.3 Å². The van der Waals surface area contributed by atoms with Gasteiger partial charge in [-0.1, -0.05) is 59.6 Å². The largest absolute Gasteiger partial charge is 0.377 e. The Morgan fingerprint density at radius 2 is 1.84 bits per heavy atom. The lowest BCUT2D eigenvalue weighted by molar-refractivity contribution is -0.118. The number of carbonyl (C=O) groups excluding carboxylic acids is 1. The summed E-state index contributed by atoms with van der Waals surface area (Å²) in [6.07, 6.45) is 10.1. The van der Waals surface area contributed by atoms with Gasteiger partial charge in [-0.2, -0.15) is 0 Å². The van der Waals surface area contributed by atoms with Gasteiger partial charge in [0.05, 0.1) is 16.8 Å². The first kappa shape index (κ1) is 28.8. The molecule has 0 fully saturated rings. The standard InChI is InChI=1S/C28H47NO2S/c1-19(14-15-27(31-10)21(3)16-26-17-32-25(7)29-26)12-11-13-20(2)22(4)23(5)24(6)28(8,9)18-30/h14,16-18,20,22-24,27H,11-13,15H2,1-10H3/b19-14-,21-16+/t20-,22-,23+,24+,27-/m0/s1. The van der Waals surface area contributed by atoms with E-state index >= 15 is 0 Å². The van der Waals surface area contributed by atoms with Crippen LogP contribution in [0.3, 0.4) is 0 Å². The van der Waals surface area contributed by atoms with Crippen LogP contribution in [-0.2, 0) is 9.53 Å². The minimum atomic E-state index is -0.254. The summed E-state index contributed by atoms with van der Waals surface area (Å²) in [5.41, 5.74) is 3.42. The SMILES string of the molecule is CO[C@@H](C/C=C(/C)CCC[C@H](C)[C@H](C)[C@@H](C)[C@@H](C)C(C)(C)C=O)/C(C)=C/c1csc(C)n1. The molecule has 0 unspecified atom stereocenters. The van der Waals surface area contributed by atoms with Gasteiger partial charge in [-0.3, -0.25) is 0 Å². The van der Waals surface area contributed by atoms with Gasteiger partial charge in [0.15, 0.2) is 0 Å². The Morgan fingerprint density at radius 1 is 1.19 bits per heavy atom. The maximum atomic E-state index is 11.5. The molecule has 0 aromatic carbocycles. The molecule has 1 rings (SSSR count). The summed E-state index contributed by atoms with van der Waals surface area (Å²) in [4.78, 5) is 16.0. The monoisotopic (exact) mass is 461 g/mol. The average molecular weight is 462 g/mol. The van der Waals surface area contributed by atoms with Crippen LogP contribution in [-0.4, -0.2) is 24.5 Å². The first-order chi connectivity index (χ1) is 14.9. The van der Waals surface area contributed by atoms with Crippen molar-refractivity contribution in [3.05, 3.63) is 33.3 Å². The smallest absolute Gasteiger partial charge is 0.125 e. The van der Waals surface area contributed by atoms with Crippen LogP contribution in [0.2, 0.25) is 0 Å². The Balaban J connectivity index is 2.53. The molecule has 1 aromatic rings. The van der Waals surface area contributed by atoms with E-state index in [1.54, 1.807) is 18.4 Å². The van der Waals surface area contributed by atoms with Crippen molar-refractivity contribution in [3.8, 4) is 0 Å². The van der Waals surface area contributed by atoms with Gasteiger partial charge in [0, 0.05) is 17.9 Å². The van der Waals surface area contributed by atoms with E-state index < -0.39 is 0 Å². The fraction of sp³-hybridized carbons (Fsp3) is 0.714. The quantitative estimate of drug-likeness (QED) is 0.207. The molecule has 0 aliphatic heterocycles. The Hall–Kier alpha value is -1.26. The van der Waals surface area contributed by atoms with E-state index in [4.69, 9.17) is 4.74 Å². The van der Waals surface area contributed by atoms with Crippen molar-refractivity contribution in [3.63, 3.8) is 0 Å². The molecule has 0 bridgehead atoms. The molecule has 0 spiro atoms. The number of hydrogen-bond acceptors (Lipinski definition) is 4. The average Bonchev–Trinajstić information content (AvgIpc) is 3.16. The minimum Gasteiger partial charge on any atom is -0.377 e. The highest BCUT2D eigenvalue weighted by Gasteiger charge is 2.33.